The molecule has 5 nitrogen and oxygen atoms in total. The molecular weight excluding hydrogens is 268 g/mol. The van der Waals surface area contributed by atoms with E-state index in [-0.39, 0.29) is 5.63 Å². The Bertz CT molecular complexity index is 862. The normalized spacial score (nSPS) is 11.0. The fourth-order valence-corrected chi connectivity index (χ4v) is 2.59. The molecule has 0 atom stereocenters. The maximum absolute atomic E-state index is 11.6. The molecule has 1 aromatic carbocycles. The van der Waals surface area contributed by atoms with E-state index in [0.717, 1.165) is 28.0 Å². The Morgan fingerprint density at radius 2 is 2.05 bits per heavy atom. The van der Waals surface area contributed by atoms with Gasteiger partial charge in [-0.05, 0) is 25.5 Å². The van der Waals surface area contributed by atoms with Crippen LogP contribution >= 0.6 is 0 Å². The van der Waals surface area contributed by atoms with Crippen LogP contribution in [0.15, 0.2) is 39.5 Å². The lowest BCUT2D eigenvalue weighted by Gasteiger charge is -2.08. The Kier molecular flexibility index (Phi) is 3.25. The van der Waals surface area contributed by atoms with Gasteiger partial charge in [-0.3, -0.25) is 0 Å². The maximum Gasteiger partial charge on any atom is 0.337 e. The lowest BCUT2D eigenvalue weighted by molar-refractivity contribution is 0.406. The molecule has 0 aliphatic carbocycles. The van der Waals surface area contributed by atoms with Crippen molar-refractivity contribution in [1.82, 2.24) is 9.78 Å². The second-order valence-corrected chi connectivity index (χ2v) is 4.98. The molecule has 0 unspecified atom stereocenters. The van der Waals surface area contributed by atoms with Crippen LogP contribution in [0.1, 0.15) is 16.8 Å². The Morgan fingerprint density at radius 3 is 2.81 bits per heavy atom. The molecule has 0 saturated carbocycles. The zero-order chi connectivity index (χ0) is 15.0. The minimum absolute atomic E-state index is 0.360. The Hall–Kier alpha value is -2.56. The van der Waals surface area contributed by atoms with E-state index >= 15 is 0 Å². The summed E-state index contributed by atoms with van der Waals surface area (Å²) in [5, 5.41) is 5.38. The largest absolute Gasteiger partial charge is 0.496 e. The van der Waals surface area contributed by atoms with E-state index in [4.69, 9.17) is 9.15 Å². The maximum atomic E-state index is 11.6. The van der Waals surface area contributed by atoms with Crippen LogP contribution in [0.2, 0.25) is 0 Å². The zero-order valence-electron chi connectivity index (χ0n) is 12.2. The van der Waals surface area contributed by atoms with Gasteiger partial charge >= 0.3 is 5.63 Å². The van der Waals surface area contributed by atoms with Gasteiger partial charge in [-0.1, -0.05) is 18.2 Å². The monoisotopic (exact) mass is 284 g/mol. The summed E-state index contributed by atoms with van der Waals surface area (Å²) in [4.78, 5) is 11.6. The molecular formula is C16H16N2O3. The van der Waals surface area contributed by atoms with Crippen LogP contribution in [0, 0.1) is 13.8 Å². The van der Waals surface area contributed by atoms with Gasteiger partial charge in [-0.15, -0.1) is 0 Å². The highest BCUT2D eigenvalue weighted by Gasteiger charge is 2.14. The van der Waals surface area contributed by atoms with Gasteiger partial charge in [0.25, 0.3) is 0 Å². The van der Waals surface area contributed by atoms with Crippen molar-refractivity contribution in [3.05, 3.63) is 57.6 Å². The Morgan fingerprint density at radius 1 is 1.29 bits per heavy atom. The fraction of sp³-hybridized carbons (Fsp3) is 0.250. The summed E-state index contributed by atoms with van der Waals surface area (Å²) >= 11 is 0. The Balaban J connectivity index is 2.15. The van der Waals surface area contributed by atoms with E-state index in [1.807, 2.05) is 38.1 Å². The van der Waals surface area contributed by atoms with Crippen molar-refractivity contribution in [2.24, 2.45) is 0 Å². The zero-order valence-corrected chi connectivity index (χ0v) is 12.2. The lowest BCUT2D eigenvalue weighted by Crippen LogP contribution is -2.05. The summed E-state index contributed by atoms with van der Waals surface area (Å²) in [5.74, 6) is 0.786. The van der Waals surface area contributed by atoms with Gasteiger partial charge in [-0.2, -0.15) is 5.10 Å². The van der Waals surface area contributed by atoms with Gasteiger partial charge in [0.1, 0.15) is 5.75 Å². The number of para-hydroxylation sites is 1. The fourth-order valence-electron chi connectivity index (χ4n) is 2.59. The standard InChI is InChI=1S/C16H16N2O3/c1-10-8-14(19)21-16-15(10)11(2)17-18(16)9-12-6-4-5-7-13(12)20-3/h4-8H,9H2,1-3H3. The predicted molar refractivity (Wildman–Crippen MR) is 79.8 cm³/mol. The molecule has 3 rings (SSSR count). The van der Waals surface area contributed by atoms with Crippen molar-refractivity contribution in [3.63, 3.8) is 0 Å². The first-order chi connectivity index (χ1) is 10.1. The SMILES string of the molecule is COc1ccccc1Cn1nc(C)c2c(C)cc(=O)oc21. The summed E-state index contributed by atoms with van der Waals surface area (Å²) in [6.45, 7) is 4.29. The van der Waals surface area contributed by atoms with E-state index in [0.29, 0.717) is 12.3 Å². The minimum Gasteiger partial charge on any atom is -0.496 e. The average Bonchev–Trinajstić information content (AvgIpc) is 2.76. The molecule has 3 aromatic rings. The molecule has 21 heavy (non-hydrogen) atoms. The number of nitrogens with zero attached hydrogens (tertiary/aromatic N) is 2. The first-order valence-corrected chi connectivity index (χ1v) is 6.70. The highest BCUT2D eigenvalue weighted by molar-refractivity contribution is 5.80. The average molecular weight is 284 g/mol. The molecule has 108 valence electrons. The topological polar surface area (TPSA) is 57.3 Å². The van der Waals surface area contributed by atoms with Crippen LogP contribution in [0.5, 0.6) is 5.75 Å². The molecule has 0 aliphatic rings. The van der Waals surface area contributed by atoms with Gasteiger partial charge in [0.05, 0.1) is 24.7 Å². The van der Waals surface area contributed by atoms with E-state index in [2.05, 4.69) is 5.10 Å². The summed E-state index contributed by atoms with van der Waals surface area (Å²) in [7, 11) is 1.63. The van der Waals surface area contributed by atoms with Gasteiger partial charge in [0.2, 0.25) is 5.71 Å². The minimum atomic E-state index is -0.360. The van der Waals surface area contributed by atoms with Gasteiger partial charge in [0, 0.05) is 11.6 Å². The highest BCUT2D eigenvalue weighted by Crippen LogP contribution is 2.23. The Labute approximate surface area is 121 Å². The number of rotatable bonds is 3. The molecule has 2 heterocycles. The van der Waals surface area contributed by atoms with Crippen LogP contribution < -0.4 is 10.4 Å². The summed E-state index contributed by atoms with van der Waals surface area (Å²) in [6.07, 6.45) is 0. The molecule has 0 N–H and O–H groups in total. The summed E-state index contributed by atoms with van der Waals surface area (Å²) in [5.41, 5.74) is 2.85. The van der Waals surface area contributed by atoms with E-state index in [1.54, 1.807) is 11.8 Å². The third-order valence-electron chi connectivity index (χ3n) is 3.52. The highest BCUT2D eigenvalue weighted by atomic mass is 16.5. The second-order valence-electron chi connectivity index (χ2n) is 4.98. The smallest absolute Gasteiger partial charge is 0.337 e. The van der Waals surface area contributed by atoms with E-state index in [1.165, 1.54) is 6.07 Å². The van der Waals surface area contributed by atoms with Gasteiger partial charge in [-0.25, -0.2) is 9.48 Å². The third kappa shape index (κ3) is 2.31. The number of benzene rings is 1. The molecule has 0 radical (unpaired) electrons. The number of aromatic nitrogens is 2. The quantitative estimate of drug-likeness (QED) is 0.742. The predicted octanol–water partition coefficient (Wildman–Crippen LogP) is 2.66. The molecule has 2 aromatic heterocycles. The number of methoxy groups -OCH3 is 1. The van der Waals surface area contributed by atoms with E-state index < -0.39 is 0 Å². The van der Waals surface area contributed by atoms with Crippen molar-refractivity contribution in [3.8, 4) is 5.75 Å². The molecule has 0 bridgehead atoms. The molecule has 0 fully saturated rings. The molecule has 0 saturated heterocycles. The second kappa shape index (κ2) is 5.09. The first-order valence-electron chi connectivity index (χ1n) is 6.70. The van der Waals surface area contributed by atoms with Crippen molar-refractivity contribution in [2.45, 2.75) is 20.4 Å². The molecule has 5 heteroatoms. The summed E-state index contributed by atoms with van der Waals surface area (Å²) < 4.78 is 12.4. The van der Waals surface area contributed by atoms with Crippen LogP contribution in [0.25, 0.3) is 11.1 Å². The molecule has 0 spiro atoms. The molecule has 0 aliphatic heterocycles. The number of ether oxygens (including phenoxy) is 1. The van der Waals surface area contributed by atoms with E-state index in [9.17, 15) is 4.79 Å². The lowest BCUT2D eigenvalue weighted by atomic mass is 10.2. The molecule has 0 amide bonds. The van der Waals surface area contributed by atoms with Crippen LogP contribution in [0.3, 0.4) is 0 Å². The number of hydrogen-bond donors (Lipinski definition) is 0. The number of fused-ring (bicyclic) bond motifs is 1. The summed E-state index contributed by atoms with van der Waals surface area (Å²) in [6, 6.07) is 9.21. The van der Waals surface area contributed by atoms with Crippen molar-refractivity contribution >= 4 is 11.1 Å². The number of aryl methyl sites for hydroxylation is 2. The van der Waals surface area contributed by atoms with Crippen LogP contribution in [0.4, 0.5) is 0 Å². The number of hydrogen-bond acceptors (Lipinski definition) is 4. The van der Waals surface area contributed by atoms with Crippen molar-refractivity contribution in [1.29, 1.82) is 0 Å². The van der Waals surface area contributed by atoms with Gasteiger partial charge in [0.15, 0.2) is 0 Å². The first kappa shape index (κ1) is 13.4. The van der Waals surface area contributed by atoms with Crippen molar-refractivity contribution < 1.29 is 9.15 Å². The van der Waals surface area contributed by atoms with Crippen LogP contribution in [-0.2, 0) is 6.54 Å². The van der Waals surface area contributed by atoms with Gasteiger partial charge < -0.3 is 9.15 Å². The van der Waals surface area contributed by atoms with Crippen molar-refractivity contribution in [2.75, 3.05) is 7.11 Å². The van der Waals surface area contributed by atoms with Crippen LogP contribution in [-0.4, -0.2) is 16.9 Å². The third-order valence-corrected chi connectivity index (χ3v) is 3.52.